The highest BCUT2D eigenvalue weighted by Gasteiger charge is 2.11. The van der Waals surface area contributed by atoms with Crippen LogP contribution in [0.4, 0.5) is 5.69 Å². The molecule has 0 aliphatic rings. The molecular weight excluding hydrogens is 384 g/mol. The van der Waals surface area contributed by atoms with Gasteiger partial charge in [-0.2, -0.15) is 0 Å². The third kappa shape index (κ3) is 4.99. The van der Waals surface area contributed by atoms with Gasteiger partial charge in [0.15, 0.2) is 0 Å². The van der Waals surface area contributed by atoms with Gasteiger partial charge < -0.3 is 14.8 Å². The van der Waals surface area contributed by atoms with E-state index in [1.54, 1.807) is 25.3 Å². The van der Waals surface area contributed by atoms with E-state index in [4.69, 9.17) is 21.1 Å². The average Bonchev–Trinajstić information content (AvgIpc) is 3.11. The van der Waals surface area contributed by atoms with Crippen molar-refractivity contribution in [1.29, 1.82) is 0 Å². The first-order valence-electron chi connectivity index (χ1n) is 8.40. The Kier molecular flexibility index (Phi) is 6.32. The Morgan fingerprint density at radius 2 is 2.00 bits per heavy atom. The fraction of sp³-hybridized carbons (Fsp3) is 0.200. The molecule has 1 heterocycles. The number of carbonyl (C=O) groups excluding carboxylic acids is 1. The molecule has 140 valence electrons. The van der Waals surface area contributed by atoms with Crippen LogP contribution in [0.25, 0.3) is 10.6 Å². The van der Waals surface area contributed by atoms with Gasteiger partial charge in [-0.3, -0.25) is 4.79 Å². The molecule has 0 aliphatic heterocycles. The van der Waals surface area contributed by atoms with Crippen LogP contribution in [0.1, 0.15) is 12.6 Å². The summed E-state index contributed by atoms with van der Waals surface area (Å²) in [6.45, 7) is 2.58. The van der Waals surface area contributed by atoms with Gasteiger partial charge in [0, 0.05) is 16.6 Å². The van der Waals surface area contributed by atoms with Crippen LogP contribution >= 0.6 is 22.9 Å². The molecular formula is C20H19ClN2O3S. The van der Waals surface area contributed by atoms with Gasteiger partial charge in [0.2, 0.25) is 5.91 Å². The molecule has 3 rings (SSSR count). The summed E-state index contributed by atoms with van der Waals surface area (Å²) in [5.74, 6) is 1.24. The van der Waals surface area contributed by atoms with Crippen LogP contribution in [-0.4, -0.2) is 24.6 Å². The molecule has 7 heteroatoms. The van der Waals surface area contributed by atoms with Crippen LogP contribution in [0.2, 0.25) is 5.02 Å². The predicted octanol–water partition coefficient (Wildman–Crippen LogP) is 5.05. The third-order valence-corrected chi connectivity index (χ3v) is 4.98. The van der Waals surface area contributed by atoms with E-state index in [2.05, 4.69) is 10.3 Å². The van der Waals surface area contributed by atoms with Crippen molar-refractivity contribution in [3.63, 3.8) is 0 Å². The van der Waals surface area contributed by atoms with Crippen molar-refractivity contribution in [2.24, 2.45) is 0 Å². The number of hydrogen-bond donors (Lipinski definition) is 1. The second-order valence-corrected chi connectivity index (χ2v) is 6.94. The maximum atomic E-state index is 12.3. The Morgan fingerprint density at radius 3 is 2.67 bits per heavy atom. The number of methoxy groups -OCH3 is 1. The van der Waals surface area contributed by atoms with Gasteiger partial charge in [-0.15, -0.1) is 11.3 Å². The lowest BCUT2D eigenvalue weighted by molar-refractivity contribution is -0.115. The number of rotatable bonds is 7. The Bertz CT molecular complexity index is 925. The Hall–Kier alpha value is -2.57. The summed E-state index contributed by atoms with van der Waals surface area (Å²) >= 11 is 7.59. The van der Waals surface area contributed by atoms with E-state index < -0.39 is 0 Å². The number of anilines is 1. The lowest BCUT2D eigenvalue weighted by atomic mass is 10.2. The summed E-state index contributed by atoms with van der Waals surface area (Å²) in [5, 5.41) is 6.03. The lowest BCUT2D eigenvalue weighted by Crippen LogP contribution is -2.14. The van der Waals surface area contributed by atoms with Crippen molar-refractivity contribution in [1.82, 2.24) is 4.98 Å². The van der Waals surface area contributed by atoms with E-state index in [0.29, 0.717) is 23.1 Å². The number of thiazole rings is 1. The number of benzene rings is 2. The van der Waals surface area contributed by atoms with Crippen molar-refractivity contribution < 1.29 is 14.3 Å². The van der Waals surface area contributed by atoms with Crippen LogP contribution in [0.3, 0.4) is 0 Å². The number of amides is 1. The SMILES string of the molecule is CCOc1ccc(-c2nc(CC(=O)Nc3ccc(OC)c(Cl)c3)cs2)cc1. The van der Waals surface area contributed by atoms with Gasteiger partial charge in [0.1, 0.15) is 16.5 Å². The molecule has 3 aromatic rings. The zero-order chi connectivity index (χ0) is 19.2. The molecule has 0 radical (unpaired) electrons. The Balaban J connectivity index is 1.63. The first kappa shape index (κ1) is 19.2. The fourth-order valence-corrected chi connectivity index (χ4v) is 3.58. The van der Waals surface area contributed by atoms with E-state index in [1.807, 2.05) is 36.6 Å². The van der Waals surface area contributed by atoms with Gasteiger partial charge in [-0.1, -0.05) is 11.6 Å². The second kappa shape index (κ2) is 8.88. The molecule has 2 aromatic carbocycles. The number of nitrogens with zero attached hydrogens (tertiary/aromatic N) is 1. The normalized spacial score (nSPS) is 10.5. The highest BCUT2D eigenvalue weighted by atomic mass is 35.5. The Morgan fingerprint density at radius 1 is 1.22 bits per heavy atom. The van der Waals surface area contributed by atoms with Crippen LogP contribution in [0, 0.1) is 0 Å². The van der Waals surface area contributed by atoms with Crippen molar-refractivity contribution in [2.45, 2.75) is 13.3 Å². The van der Waals surface area contributed by atoms with Crippen molar-refractivity contribution >= 4 is 34.5 Å². The number of ether oxygens (including phenoxy) is 2. The topological polar surface area (TPSA) is 60.5 Å². The van der Waals surface area contributed by atoms with Crippen molar-refractivity contribution in [3.8, 4) is 22.1 Å². The first-order chi connectivity index (χ1) is 13.1. The molecule has 0 aliphatic carbocycles. The minimum absolute atomic E-state index is 0.153. The van der Waals surface area contributed by atoms with E-state index in [9.17, 15) is 4.79 Å². The lowest BCUT2D eigenvalue weighted by Gasteiger charge is -2.07. The van der Waals surface area contributed by atoms with Gasteiger partial charge in [-0.25, -0.2) is 4.98 Å². The molecule has 0 saturated carbocycles. The first-order valence-corrected chi connectivity index (χ1v) is 9.66. The van der Waals surface area contributed by atoms with E-state index >= 15 is 0 Å². The summed E-state index contributed by atoms with van der Waals surface area (Å²) in [5.41, 5.74) is 2.34. The van der Waals surface area contributed by atoms with Crippen molar-refractivity contribution in [3.05, 3.63) is 58.6 Å². The number of hydrogen-bond acceptors (Lipinski definition) is 5. The molecule has 0 unspecified atom stereocenters. The minimum Gasteiger partial charge on any atom is -0.495 e. The molecule has 0 atom stereocenters. The zero-order valence-electron chi connectivity index (χ0n) is 15.0. The van der Waals surface area contributed by atoms with Crippen LogP contribution in [0.15, 0.2) is 47.8 Å². The molecule has 0 saturated heterocycles. The summed E-state index contributed by atoms with van der Waals surface area (Å²) in [6, 6.07) is 12.9. The minimum atomic E-state index is -0.153. The summed E-state index contributed by atoms with van der Waals surface area (Å²) in [4.78, 5) is 16.8. The van der Waals surface area contributed by atoms with Crippen LogP contribution in [0.5, 0.6) is 11.5 Å². The van der Waals surface area contributed by atoms with Crippen molar-refractivity contribution in [2.75, 3.05) is 19.0 Å². The van der Waals surface area contributed by atoms with E-state index in [-0.39, 0.29) is 12.3 Å². The van der Waals surface area contributed by atoms with Crippen LogP contribution in [-0.2, 0) is 11.2 Å². The molecule has 27 heavy (non-hydrogen) atoms. The van der Waals surface area contributed by atoms with Gasteiger partial charge >= 0.3 is 0 Å². The number of aromatic nitrogens is 1. The monoisotopic (exact) mass is 402 g/mol. The van der Waals surface area contributed by atoms with Crippen LogP contribution < -0.4 is 14.8 Å². The predicted molar refractivity (Wildman–Crippen MR) is 109 cm³/mol. The molecule has 0 spiro atoms. The van der Waals surface area contributed by atoms with Gasteiger partial charge in [0.25, 0.3) is 0 Å². The number of nitrogens with one attached hydrogen (secondary N) is 1. The highest BCUT2D eigenvalue weighted by Crippen LogP contribution is 2.28. The number of halogens is 1. The molecule has 1 amide bonds. The second-order valence-electron chi connectivity index (χ2n) is 5.68. The summed E-state index contributed by atoms with van der Waals surface area (Å²) in [6.07, 6.45) is 0.192. The third-order valence-electron chi connectivity index (χ3n) is 3.74. The maximum absolute atomic E-state index is 12.3. The maximum Gasteiger partial charge on any atom is 0.230 e. The molecule has 1 aromatic heterocycles. The summed E-state index contributed by atoms with van der Waals surface area (Å²) in [7, 11) is 1.55. The number of carbonyl (C=O) groups is 1. The molecule has 0 bridgehead atoms. The zero-order valence-corrected chi connectivity index (χ0v) is 16.6. The molecule has 1 N–H and O–H groups in total. The standard InChI is InChI=1S/C20H19ClN2O3S/c1-3-26-16-7-4-13(5-8-16)20-23-15(12-27-20)11-19(24)22-14-6-9-18(25-2)17(21)10-14/h4-10,12H,3,11H2,1-2H3,(H,22,24). The quantitative estimate of drug-likeness (QED) is 0.600. The molecule has 0 fully saturated rings. The van der Waals surface area contributed by atoms with E-state index in [0.717, 1.165) is 22.0 Å². The van der Waals surface area contributed by atoms with E-state index in [1.165, 1.54) is 11.3 Å². The average molecular weight is 403 g/mol. The fourth-order valence-electron chi connectivity index (χ4n) is 2.49. The smallest absolute Gasteiger partial charge is 0.230 e. The Labute approximate surface area is 166 Å². The highest BCUT2D eigenvalue weighted by molar-refractivity contribution is 7.13. The van der Waals surface area contributed by atoms with Gasteiger partial charge in [-0.05, 0) is 49.4 Å². The van der Waals surface area contributed by atoms with Gasteiger partial charge in [0.05, 0.1) is 30.9 Å². The largest absolute Gasteiger partial charge is 0.495 e. The molecule has 5 nitrogen and oxygen atoms in total. The summed E-state index contributed by atoms with van der Waals surface area (Å²) < 4.78 is 10.6.